The Hall–Kier alpha value is -6.94. The summed E-state index contributed by atoms with van der Waals surface area (Å²) in [6.45, 7) is 0. The van der Waals surface area contributed by atoms with Crippen LogP contribution in [0, 0.1) is 0 Å². The normalized spacial score (nSPS) is 12.8. The lowest BCUT2D eigenvalue weighted by atomic mass is 9.67. The van der Waals surface area contributed by atoms with Crippen LogP contribution in [0.15, 0.2) is 206 Å². The SMILES string of the molecule is c1ccc(-c2nc(-c3ccc4sc5ccccc5c4c3)cc(-c3ccccc3-c3ccc4c(c3)C(c3ccccc3)(c3ccccc3)c3ccccc3-4)n2)cc1. The zero-order chi connectivity index (χ0) is 37.1. The molecule has 1 aliphatic carbocycles. The first-order valence-electron chi connectivity index (χ1n) is 19.1. The van der Waals surface area contributed by atoms with Gasteiger partial charge in [-0.2, -0.15) is 0 Å². The molecule has 10 aromatic rings. The van der Waals surface area contributed by atoms with Crippen molar-refractivity contribution in [2.75, 3.05) is 0 Å². The summed E-state index contributed by atoms with van der Waals surface area (Å²) in [5.41, 5.74) is 14.4. The predicted octanol–water partition coefficient (Wildman–Crippen LogP) is 13.9. The van der Waals surface area contributed by atoms with Crippen LogP contribution in [0.25, 0.3) is 76.3 Å². The highest BCUT2D eigenvalue weighted by Gasteiger charge is 2.46. The molecule has 0 bridgehead atoms. The molecule has 0 amide bonds. The highest BCUT2D eigenvalue weighted by atomic mass is 32.1. The van der Waals surface area contributed by atoms with Gasteiger partial charge in [0.15, 0.2) is 5.82 Å². The van der Waals surface area contributed by atoms with Gasteiger partial charge < -0.3 is 0 Å². The van der Waals surface area contributed by atoms with Gasteiger partial charge in [0.25, 0.3) is 0 Å². The number of rotatable bonds is 6. The number of hydrogen-bond donors (Lipinski definition) is 0. The molecule has 2 nitrogen and oxygen atoms in total. The Morgan fingerprint density at radius 2 is 0.911 bits per heavy atom. The smallest absolute Gasteiger partial charge is 0.160 e. The fraction of sp³-hybridized carbons (Fsp3) is 0.0189. The fourth-order valence-electron chi connectivity index (χ4n) is 8.90. The van der Waals surface area contributed by atoms with Gasteiger partial charge in [0.2, 0.25) is 0 Å². The number of fused-ring (bicyclic) bond motifs is 6. The molecule has 0 N–H and O–H groups in total. The van der Waals surface area contributed by atoms with Gasteiger partial charge in [-0.1, -0.05) is 176 Å². The summed E-state index contributed by atoms with van der Waals surface area (Å²) < 4.78 is 2.57. The highest BCUT2D eigenvalue weighted by molar-refractivity contribution is 7.25. The highest BCUT2D eigenvalue weighted by Crippen LogP contribution is 2.57. The average Bonchev–Trinajstić information content (AvgIpc) is 3.80. The molecule has 0 unspecified atom stereocenters. The lowest BCUT2D eigenvalue weighted by molar-refractivity contribution is 0.769. The van der Waals surface area contributed by atoms with E-state index in [1.165, 1.54) is 53.6 Å². The van der Waals surface area contributed by atoms with Crippen molar-refractivity contribution in [1.82, 2.24) is 9.97 Å². The van der Waals surface area contributed by atoms with Gasteiger partial charge in [-0.05, 0) is 74.8 Å². The van der Waals surface area contributed by atoms with Gasteiger partial charge in [-0.25, -0.2) is 9.97 Å². The summed E-state index contributed by atoms with van der Waals surface area (Å²) in [5, 5.41) is 2.53. The van der Waals surface area contributed by atoms with Crippen LogP contribution >= 0.6 is 11.3 Å². The third-order valence-electron chi connectivity index (χ3n) is 11.4. The monoisotopic (exact) mass is 730 g/mol. The van der Waals surface area contributed by atoms with Crippen LogP contribution < -0.4 is 0 Å². The zero-order valence-electron chi connectivity index (χ0n) is 30.4. The Kier molecular flexibility index (Phi) is 7.61. The maximum absolute atomic E-state index is 5.31. The quantitative estimate of drug-likeness (QED) is 0.170. The first-order valence-corrected chi connectivity index (χ1v) is 19.9. The van der Waals surface area contributed by atoms with Crippen LogP contribution in [-0.2, 0) is 5.41 Å². The second-order valence-electron chi connectivity index (χ2n) is 14.5. The number of benzene rings is 8. The topological polar surface area (TPSA) is 25.8 Å². The third-order valence-corrected chi connectivity index (χ3v) is 12.6. The molecular formula is C53H34N2S. The van der Waals surface area contributed by atoms with Crippen molar-refractivity contribution in [3.05, 3.63) is 229 Å². The lowest BCUT2D eigenvalue weighted by Gasteiger charge is -2.34. The predicted molar refractivity (Wildman–Crippen MR) is 234 cm³/mol. The van der Waals surface area contributed by atoms with Crippen LogP contribution in [-0.4, -0.2) is 9.97 Å². The molecule has 0 spiro atoms. The van der Waals surface area contributed by atoms with E-state index in [1.807, 2.05) is 17.4 Å². The summed E-state index contributed by atoms with van der Waals surface area (Å²) in [7, 11) is 0. The second-order valence-corrected chi connectivity index (χ2v) is 15.6. The maximum Gasteiger partial charge on any atom is 0.160 e. The molecule has 56 heavy (non-hydrogen) atoms. The van der Waals surface area contributed by atoms with E-state index in [1.54, 1.807) is 0 Å². The molecule has 262 valence electrons. The molecule has 1 aliphatic rings. The average molecular weight is 731 g/mol. The fourth-order valence-corrected chi connectivity index (χ4v) is 9.99. The molecule has 3 heteroatoms. The minimum absolute atomic E-state index is 0.480. The number of hydrogen-bond acceptors (Lipinski definition) is 3. The zero-order valence-corrected chi connectivity index (χ0v) is 31.2. The van der Waals surface area contributed by atoms with E-state index in [9.17, 15) is 0 Å². The van der Waals surface area contributed by atoms with E-state index in [2.05, 4.69) is 200 Å². The van der Waals surface area contributed by atoms with Crippen molar-refractivity contribution in [2.24, 2.45) is 0 Å². The minimum atomic E-state index is -0.480. The van der Waals surface area contributed by atoms with Crippen molar-refractivity contribution in [2.45, 2.75) is 5.41 Å². The molecule has 8 aromatic carbocycles. The first-order chi connectivity index (χ1) is 27.8. The summed E-state index contributed by atoms with van der Waals surface area (Å²) in [6.07, 6.45) is 0. The van der Waals surface area contributed by atoms with Gasteiger partial charge in [-0.3, -0.25) is 0 Å². The van der Waals surface area contributed by atoms with E-state index >= 15 is 0 Å². The maximum atomic E-state index is 5.31. The van der Waals surface area contributed by atoms with E-state index in [0.29, 0.717) is 5.82 Å². The van der Waals surface area contributed by atoms with Crippen molar-refractivity contribution < 1.29 is 0 Å². The second kappa shape index (κ2) is 13.1. The molecule has 0 radical (unpaired) electrons. The van der Waals surface area contributed by atoms with Gasteiger partial charge in [0.05, 0.1) is 16.8 Å². The van der Waals surface area contributed by atoms with E-state index in [-0.39, 0.29) is 0 Å². The Morgan fingerprint density at radius 1 is 0.339 bits per heavy atom. The Morgan fingerprint density at radius 3 is 1.68 bits per heavy atom. The molecule has 2 heterocycles. The summed E-state index contributed by atoms with van der Waals surface area (Å²) in [5.74, 6) is 0.708. The van der Waals surface area contributed by atoms with Crippen LogP contribution in [0.2, 0.25) is 0 Å². The molecule has 0 fully saturated rings. The molecule has 11 rings (SSSR count). The molecular weight excluding hydrogens is 697 g/mol. The Bertz CT molecular complexity index is 3040. The number of thiophene rings is 1. The van der Waals surface area contributed by atoms with Crippen molar-refractivity contribution in [3.63, 3.8) is 0 Å². The van der Waals surface area contributed by atoms with Gasteiger partial charge in [0.1, 0.15) is 0 Å². The van der Waals surface area contributed by atoms with Gasteiger partial charge in [0, 0.05) is 36.9 Å². The van der Waals surface area contributed by atoms with Crippen LogP contribution in [0.4, 0.5) is 0 Å². The molecule has 0 atom stereocenters. The molecule has 0 aliphatic heterocycles. The first kappa shape index (κ1) is 32.5. The van der Waals surface area contributed by atoms with E-state index < -0.39 is 5.41 Å². The Balaban J connectivity index is 1.12. The molecule has 0 saturated heterocycles. The largest absolute Gasteiger partial charge is 0.228 e. The third kappa shape index (κ3) is 5.09. The molecule has 0 saturated carbocycles. The lowest BCUT2D eigenvalue weighted by Crippen LogP contribution is -2.28. The minimum Gasteiger partial charge on any atom is -0.228 e. The van der Waals surface area contributed by atoms with Crippen molar-refractivity contribution in [1.29, 1.82) is 0 Å². The van der Waals surface area contributed by atoms with E-state index in [4.69, 9.17) is 9.97 Å². The summed E-state index contributed by atoms with van der Waals surface area (Å²) in [6, 6.07) is 74.6. The van der Waals surface area contributed by atoms with Gasteiger partial charge in [-0.15, -0.1) is 11.3 Å². The molecule has 2 aromatic heterocycles. The van der Waals surface area contributed by atoms with Crippen molar-refractivity contribution in [3.8, 4) is 56.2 Å². The van der Waals surface area contributed by atoms with Crippen LogP contribution in [0.5, 0.6) is 0 Å². The number of aromatic nitrogens is 2. The Labute approximate surface area is 330 Å². The number of nitrogens with zero attached hydrogens (tertiary/aromatic N) is 2. The van der Waals surface area contributed by atoms with Gasteiger partial charge >= 0.3 is 0 Å². The van der Waals surface area contributed by atoms with Crippen LogP contribution in [0.3, 0.4) is 0 Å². The van der Waals surface area contributed by atoms with Crippen molar-refractivity contribution >= 4 is 31.5 Å². The van der Waals surface area contributed by atoms with E-state index in [0.717, 1.165) is 39.2 Å². The summed E-state index contributed by atoms with van der Waals surface area (Å²) >= 11 is 1.83. The standard InChI is InChI=1S/C53H34N2S/c1-4-16-35(17-5-1)52-54-48(37-29-31-51-45(32-37)44-25-13-15-27-50(44)56-51)34-49(55-52)43-24-11-10-22-40(43)36-28-30-42-41-23-12-14-26-46(41)53(47(42)33-36,38-18-6-2-7-19-38)39-20-8-3-9-21-39/h1-34H. The summed E-state index contributed by atoms with van der Waals surface area (Å²) in [4.78, 5) is 10.5. The van der Waals surface area contributed by atoms with Crippen LogP contribution in [0.1, 0.15) is 22.3 Å².